The molecule has 1 unspecified atom stereocenters. The molecule has 0 bridgehead atoms. The van der Waals surface area contributed by atoms with Crippen molar-refractivity contribution in [1.29, 1.82) is 5.26 Å². The van der Waals surface area contributed by atoms with E-state index in [1.165, 1.54) is 0 Å². The second-order valence-corrected chi connectivity index (χ2v) is 7.38. The number of hydrogen-bond acceptors (Lipinski definition) is 4. The van der Waals surface area contributed by atoms with Gasteiger partial charge in [-0.1, -0.05) is 29.8 Å². The number of aliphatic hydroxyl groups excluding tert-OH is 1. The topological polar surface area (TPSA) is 70.3 Å². The molecule has 0 amide bonds. The summed E-state index contributed by atoms with van der Waals surface area (Å²) in [5, 5.41) is 20.5. The van der Waals surface area contributed by atoms with Crippen molar-refractivity contribution < 1.29 is 14.2 Å². The van der Waals surface area contributed by atoms with E-state index in [9.17, 15) is 14.9 Å². The summed E-state index contributed by atoms with van der Waals surface area (Å²) in [6.45, 7) is 1.83. The molecule has 4 nitrogen and oxygen atoms in total. The third-order valence-corrected chi connectivity index (χ3v) is 5.90. The van der Waals surface area contributed by atoms with Crippen molar-refractivity contribution in [3.05, 3.63) is 70.5 Å². The van der Waals surface area contributed by atoms with Gasteiger partial charge in [0.2, 0.25) is 0 Å². The van der Waals surface area contributed by atoms with E-state index in [1.807, 2.05) is 6.07 Å². The quantitative estimate of drug-likeness (QED) is 0.482. The Hall–Kier alpha value is -2.05. The minimum atomic E-state index is -3.68. The maximum absolute atomic E-state index is 13.3. The van der Waals surface area contributed by atoms with Gasteiger partial charge in [0.15, 0.2) is 5.31 Å². The number of nitriles is 1. The molecule has 0 aliphatic carbocycles. The normalized spacial score (nSPS) is 14.5. The van der Waals surface area contributed by atoms with Crippen molar-refractivity contribution in [3.8, 4) is 6.07 Å². The molecule has 0 heterocycles. The van der Waals surface area contributed by atoms with Crippen molar-refractivity contribution in [2.24, 2.45) is 0 Å². The van der Waals surface area contributed by atoms with E-state index in [-0.39, 0.29) is 17.7 Å². The van der Waals surface area contributed by atoms with E-state index in [1.54, 1.807) is 61.5 Å². The molecule has 1 N–H and O–H groups in total. The molecule has 0 radical (unpaired) electrons. The highest BCUT2D eigenvalue weighted by Gasteiger charge is 2.34. The lowest BCUT2D eigenvalue weighted by Crippen LogP contribution is -2.10. The van der Waals surface area contributed by atoms with Crippen LogP contribution in [0.25, 0.3) is 5.76 Å². The van der Waals surface area contributed by atoms with Crippen LogP contribution in [0.2, 0.25) is 5.02 Å². The van der Waals surface area contributed by atoms with Crippen LogP contribution in [-0.4, -0.2) is 11.7 Å². The monoisotopic (exact) mass is 347 g/mol. The van der Waals surface area contributed by atoms with E-state index >= 15 is 0 Å². The Bertz CT molecular complexity index is 795. The lowest BCUT2D eigenvalue weighted by molar-refractivity contribution is 0.345. The average molecular weight is 348 g/mol. The van der Waals surface area contributed by atoms with Crippen molar-refractivity contribution in [2.45, 2.75) is 6.92 Å². The molecule has 0 fully saturated rings. The molecule has 0 aliphatic heterocycles. The SMILES string of the molecule is CCOP(=O)(C(C#N)=C(O)c1ccc(Cl)cc1)c1ccccc1. The lowest BCUT2D eigenvalue weighted by Gasteiger charge is -2.18. The summed E-state index contributed by atoms with van der Waals surface area (Å²) in [5.74, 6) is -0.371. The van der Waals surface area contributed by atoms with E-state index in [0.717, 1.165) is 0 Å². The second kappa shape index (κ2) is 7.48. The Balaban J connectivity index is 2.64. The van der Waals surface area contributed by atoms with Crippen LogP contribution in [0.4, 0.5) is 0 Å². The standard InChI is InChI=1S/C17H15ClNO3P/c1-2-22-23(21,15-6-4-3-5-7-15)16(12-19)17(20)13-8-10-14(18)11-9-13/h3-11,20H,2H2,1H3. The summed E-state index contributed by atoms with van der Waals surface area (Å²) in [5.41, 5.74) is 0.349. The van der Waals surface area contributed by atoms with Gasteiger partial charge in [-0.05, 0) is 43.3 Å². The minimum absolute atomic E-state index is 0.144. The second-order valence-electron chi connectivity index (χ2n) is 4.62. The number of aliphatic hydroxyl groups is 1. The lowest BCUT2D eigenvalue weighted by atomic mass is 10.2. The molecule has 118 valence electrons. The number of allylic oxidation sites excluding steroid dienone is 1. The molecule has 2 aromatic rings. The van der Waals surface area contributed by atoms with Gasteiger partial charge in [0.05, 0.1) is 6.61 Å². The summed E-state index contributed by atoms with van der Waals surface area (Å²) in [4.78, 5) is 0. The van der Waals surface area contributed by atoms with Crippen molar-refractivity contribution in [2.75, 3.05) is 6.61 Å². The molecular weight excluding hydrogens is 333 g/mol. The van der Waals surface area contributed by atoms with Crippen LogP contribution in [0.5, 0.6) is 0 Å². The molecule has 2 rings (SSSR count). The molecule has 1 atom stereocenters. The fourth-order valence-corrected chi connectivity index (χ4v) is 4.21. The third-order valence-electron chi connectivity index (χ3n) is 3.15. The van der Waals surface area contributed by atoms with Gasteiger partial charge in [0.25, 0.3) is 7.37 Å². The number of hydrogen-bond donors (Lipinski definition) is 1. The highest BCUT2D eigenvalue weighted by molar-refractivity contribution is 7.71. The smallest absolute Gasteiger partial charge is 0.275 e. The van der Waals surface area contributed by atoms with Crippen LogP contribution in [0.1, 0.15) is 12.5 Å². The Morgan fingerprint density at radius 2 is 1.83 bits per heavy atom. The molecule has 0 spiro atoms. The fourth-order valence-electron chi connectivity index (χ4n) is 2.08. The Morgan fingerprint density at radius 3 is 2.35 bits per heavy atom. The molecule has 0 aromatic heterocycles. The first-order chi connectivity index (χ1) is 11.0. The van der Waals surface area contributed by atoms with Crippen LogP contribution >= 0.6 is 19.0 Å². The first-order valence-electron chi connectivity index (χ1n) is 6.93. The van der Waals surface area contributed by atoms with Gasteiger partial charge < -0.3 is 9.63 Å². The predicted molar refractivity (Wildman–Crippen MR) is 91.9 cm³/mol. The van der Waals surface area contributed by atoms with Gasteiger partial charge in [-0.15, -0.1) is 0 Å². The number of benzene rings is 2. The first-order valence-corrected chi connectivity index (χ1v) is 8.93. The van der Waals surface area contributed by atoms with Crippen LogP contribution in [0, 0.1) is 11.3 Å². The molecule has 0 aliphatic rings. The molecule has 23 heavy (non-hydrogen) atoms. The minimum Gasteiger partial charge on any atom is -0.506 e. The van der Waals surface area contributed by atoms with Crippen molar-refractivity contribution >= 4 is 30.0 Å². The average Bonchev–Trinajstić information content (AvgIpc) is 2.57. The van der Waals surface area contributed by atoms with Crippen molar-refractivity contribution in [3.63, 3.8) is 0 Å². The third kappa shape index (κ3) is 3.65. The summed E-state index contributed by atoms with van der Waals surface area (Å²) in [6, 6.07) is 16.5. The Morgan fingerprint density at radius 1 is 1.22 bits per heavy atom. The molecule has 0 saturated heterocycles. The van der Waals surface area contributed by atoms with Crippen LogP contribution in [0.15, 0.2) is 59.9 Å². The van der Waals surface area contributed by atoms with Crippen LogP contribution in [-0.2, 0) is 9.09 Å². The molecular formula is C17H15ClNO3P. The summed E-state index contributed by atoms with van der Waals surface area (Å²) < 4.78 is 18.8. The number of halogens is 1. The number of rotatable bonds is 5. The molecule has 6 heteroatoms. The van der Waals surface area contributed by atoms with Gasteiger partial charge in [-0.2, -0.15) is 5.26 Å². The van der Waals surface area contributed by atoms with Gasteiger partial charge in [-0.3, -0.25) is 4.57 Å². The van der Waals surface area contributed by atoms with Gasteiger partial charge in [-0.25, -0.2) is 0 Å². The van der Waals surface area contributed by atoms with Crippen LogP contribution in [0.3, 0.4) is 0 Å². The molecule has 2 aromatic carbocycles. The maximum atomic E-state index is 13.3. The summed E-state index contributed by atoms with van der Waals surface area (Å²) >= 11 is 5.82. The van der Waals surface area contributed by atoms with E-state index in [2.05, 4.69) is 0 Å². The zero-order valence-electron chi connectivity index (χ0n) is 12.4. The highest BCUT2D eigenvalue weighted by atomic mass is 35.5. The van der Waals surface area contributed by atoms with Crippen LogP contribution < -0.4 is 5.30 Å². The highest BCUT2D eigenvalue weighted by Crippen LogP contribution is 2.55. The predicted octanol–water partition coefficient (Wildman–Crippen LogP) is 4.73. The van der Waals surface area contributed by atoms with Gasteiger partial charge in [0.1, 0.15) is 11.8 Å². The van der Waals surface area contributed by atoms with E-state index in [4.69, 9.17) is 16.1 Å². The van der Waals surface area contributed by atoms with E-state index in [0.29, 0.717) is 15.9 Å². The Labute approximate surface area is 140 Å². The number of nitrogens with zero attached hydrogens (tertiary/aromatic N) is 1. The van der Waals surface area contributed by atoms with Gasteiger partial charge >= 0.3 is 0 Å². The fraction of sp³-hybridized carbons (Fsp3) is 0.118. The molecule has 0 saturated carbocycles. The Kier molecular flexibility index (Phi) is 5.63. The zero-order valence-corrected chi connectivity index (χ0v) is 14.1. The zero-order chi connectivity index (χ0) is 16.9. The first kappa shape index (κ1) is 17.3. The largest absolute Gasteiger partial charge is 0.506 e. The summed E-state index contributed by atoms with van der Waals surface area (Å²) in [6.07, 6.45) is 0. The van der Waals surface area contributed by atoms with Gasteiger partial charge in [0, 0.05) is 15.9 Å². The summed E-state index contributed by atoms with van der Waals surface area (Å²) in [7, 11) is -3.68. The maximum Gasteiger partial charge on any atom is 0.275 e. The van der Waals surface area contributed by atoms with Crippen molar-refractivity contribution in [1.82, 2.24) is 0 Å². The van der Waals surface area contributed by atoms with E-state index < -0.39 is 7.37 Å².